The highest BCUT2D eigenvalue weighted by molar-refractivity contribution is 9.10. The van der Waals surface area contributed by atoms with Crippen molar-refractivity contribution in [1.82, 2.24) is 4.72 Å². The zero-order valence-electron chi connectivity index (χ0n) is 11.2. The zero-order valence-corrected chi connectivity index (χ0v) is 13.7. The van der Waals surface area contributed by atoms with E-state index in [1.807, 2.05) is 20.8 Å². The Kier molecular flexibility index (Phi) is 4.98. The second-order valence-electron chi connectivity index (χ2n) is 5.25. The summed E-state index contributed by atoms with van der Waals surface area (Å²) < 4.78 is 27.8. The first-order valence-electron chi connectivity index (χ1n) is 5.94. The summed E-state index contributed by atoms with van der Waals surface area (Å²) in [6.45, 7) is 8.46. The lowest BCUT2D eigenvalue weighted by Gasteiger charge is -2.22. The van der Waals surface area contributed by atoms with E-state index < -0.39 is 10.0 Å². The van der Waals surface area contributed by atoms with Crippen LogP contribution in [0.1, 0.15) is 32.8 Å². The summed E-state index contributed by atoms with van der Waals surface area (Å²) in [7, 11) is -3.41. The van der Waals surface area contributed by atoms with Crippen molar-refractivity contribution in [2.75, 3.05) is 6.54 Å². The van der Waals surface area contributed by atoms with Gasteiger partial charge in [0.15, 0.2) is 0 Å². The molecular weight excluding hydrogens is 314 g/mol. The summed E-state index contributed by atoms with van der Waals surface area (Å²) in [5.41, 5.74) is 0.880. The number of nitrogens with one attached hydrogen (secondary N) is 1. The molecule has 1 aromatic carbocycles. The van der Waals surface area contributed by atoms with Gasteiger partial charge in [-0.15, -0.1) is 0 Å². The molecule has 1 rings (SSSR count). The maximum Gasteiger partial charge on any atom is 0.240 e. The van der Waals surface area contributed by atoms with Crippen LogP contribution >= 0.6 is 15.9 Å². The predicted molar refractivity (Wildman–Crippen MR) is 78.1 cm³/mol. The molecule has 102 valence electrons. The van der Waals surface area contributed by atoms with Gasteiger partial charge >= 0.3 is 0 Å². The topological polar surface area (TPSA) is 46.2 Å². The van der Waals surface area contributed by atoms with Crippen molar-refractivity contribution in [3.05, 3.63) is 28.2 Å². The van der Waals surface area contributed by atoms with Gasteiger partial charge in [0.2, 0.25) is 10.0 Å². The third kappa shape index (κ3) is 4.07. The SMILES string of the molecule is CCC(C)(C)CNS(=O)(=O)c1ccc(Br)c(C)c1. The van der Waals surface area contributed by atoms with Gasteiger partial charge in [-0.3, -0.25) is 0 Å². The molecule has 0 saturated carbocycles. The minimum absolute atomic E-state index is 0.0303. The normalized spacial score (nSPS) is 12.7. The molecule has 3 nitrogen and oxygen atoms in total. The van der Waals surface area contributed by atoms with Crippen LogP contribution in [0.15, 0.2) is 27.6 Å². The van der Waals surface area contributed by atoms with Crippen LogP contribution in [0, 0.1) is 12.3 Å². The summed E-state index contributed by atoms with van der Waals surface area (Å²) in [6.07, 6.45) is 0.925. The van der Waals surface area contributed by atoms with Gasteiger partial charge in [0.05, 0.1) is 4.90 Å². The fourth-order valence-corrected chi connectivity index (χ4v) is 2.86. The van der Waals surface area contributed by atoms with E-state index in [2.05, 4.69) is 27.6 Å². The maximum absolute atomic E-state index is 12.1. The second kappa shape index (κ2) is 5.72. The highest BCUT2D eigenvalue weighted by Crippen LogP contribution is 2.22. The highest BCUT2D eigenvalue weighted by atomic mass is 79.9. The van der Waals surface area contributed by atoms with Crippen molar-refractivity contribution in [3.63, 3.8) is 0 Å². The Labute approximate surface area is 118 Å². The van der Waals surface area contributed by atoms with Gasteiger partial charge < -0.3 is 0 Å². The molecule has 0 bridgehead atoms. The van der Waals surface area contributed by atoms with E-state index in [1.54, 1.807) is 18.2 Å². The van der Waals surface area contributed by atoms with E-state index in [9.17, 15) is 8.42 Å². The second-order valence-corrected chi connectivity index (χ2v) is 7.87. The molecule has 0 aliphatic rings. The van der Waals surface area contributed by atoms with Crippen LogP contribution in [0.5, 0.6) is 0 Å². The Morgan fingerprint density at radius 1 is 1.33 bits per heavy atom. The minimum Gasteiger partial charge on any atom is -0.211 e. The van der Waals surface area contributed by atoms with Crippen molar-refractivity contribution in [2.24, 2.45) is 5.41 Å². The molecule has 5 heteroatoms. The lowest BCUT2D eigenvalue weighted by molar-refractivity contribution is 0.350. The average molecular weight is 334 g/mol. The third-order valence-corrected chi connectivity index (χ3v) is 5.43. The molecule has 0 amide bonds. The molecule has 18 heavy (non-hydrogen) atoms. The molecule has 0 fully saturated rings. The van der Waals surface area contributed by atoms with E-state index in [-0.39, 0.29) is 5.41 Å². The smallest absolute Gasteiger partial charge is 0.211 e. The van der Waals surface area contributed by atoms with Crippen molar-refractivity contribution < 1.29 is 8.42 Å². The molecule has 0 saturated heterocycles. The molecule has 0 heterocycles. The first-order chi connectivity index (χ1) is 8.18. The Bertz CT molecular complexity index is 524. The minimum atomic E-state index is -3.41. The van der Waals surface area contributed by atoms with Crippen molar-refractivity contribution >= 4 is 26.0 Å². The maximum atomic E-state index is 12.1. The van der Waals surface area contributed by atoms with Gasteiger partial charge in [0, 0.05) is 11.0 Å². The quantitative estimate of drug-likeness (QED) is 0.896. The van der Waals surface area contributed by atoms with Gasteiger partial charge in [-0.1, -0.05) is 36.7 Å². The summed E-state index contributed by atoms with van der Waals surface area (Å²) in [5, 5.41) is 0. The Morgan fingerprint density at radius 3 is 2.44 bits per heavy atom. The number of aryl methyl sites for hydroxylation is 1. The Morgan fingerprint density at radius 2 is 1.94 bits per heavy atom. The molecule has 0 aliphatic heterocycles. The van der Waals surface area contributed by atoms with Crippen LogP contribution in [0.4, 0.5) is 0 Å². The number of hydrogen-bond acceptors (Lipinski definition) is 2. The van der Waals surface area contributed by atoms with Crippen LogP contribution in [-0.4, -0.2) is 15.0 Å². The predicted octanol–water partition coefficient (Wildman–Crippen LogP) is 3.47. The van der Waals surface area contributed by atoms with E-state index in [0.29, 0.717) is 11.4 Å². The van der Waals surface area contributed by atoms with Crippen molar-refractivity contribution in [1.29, 1.82) is 0 Å². The first-order valence-corrected chi connectivity index (χ1v) is 8.21. The largest absolute Gasteiger partial charge is 0.240 e. The van der Waals surface area contributed by atoms with E-state index >= 15 is 0 Å². The van der Waals surface area contributed by atoms with Crippen LogP contribution in [0.25, 0.3) is 0 Å². The third-order valence-electron chi connectivity index (χ3n) is 3.14. The molecule has 0 aromatic heterocycles. The highest BCUT2D eigenvalue weighted by Gasteiger charge is 2.20. The molecule has 0 atom stereocenters. The molecule has 0 unspecified atom stereocenters. The van der Waals surface area contributed by atoms with Gasteiger partial charge in [0.25, 0.3) is 0 Å². The molecule has 0 radical (unpaired) electrons. The molecule has 0 spiro atoms. The number of sulfonamides is 1. The van der Waals surface area contributed by atoms with Crippen molar-refractivity contribution in [3.8, 4) is 0 Å². The standard InChI is InChI=1S/C13H20BrNO2S/c1-5-13(3,4)9-15-18(16,17)11-6-7-12(14)10(2)8-11/h6-8,15H,5,9H2,1-4H3. The summed E-state index contributed by atoms with van der Waals surface area (Å²) in [6, 6.07) is 5.04. The zero-order chi connectivity index (χ0) is 14.0. The number of halogens is 1. The van der Waals surface area contributed by atoms with E-state index in [4.69, 9.17) is 0 Å². The van der Waals surface area contributed by atoms with Gasteiger partial charge in [-0.25, -0.2) is 13.1 Å². The van der Waals surface area contributed by atoms with E-state index in [0.717, 1.165) is 16.5 Å². The Hall–Kier alpha value is -0.390. The number of benzene rings is 1. The monoisotopic (exact) mass is 333 g/mol. The van der Waals surface area contributed by atoms with Crippen LogP contribution in [-0.2, 0) is 10.0 Å². The van der Waals surface area contributed by atoms with Crippen LogP contribution in [0.2, 0.25) is 0 Å². The van der Waals surface area contributed by atoms with Gasteiger partial charge in [0.1, 0.15) is 0 Å². The fourth-order valence-electron chi connectivity index (χ4n) is 1.28. The summed E-state index contributed by atoms with van der Waals surface area (Å²) in [4.78, 5) is 0.315. The molecule has 0 aliphatic carbocycles. The summed E-state index contributed by atoms with van der Waals surface area (Å²) in [5.74, 6) is 0. The molecule has 1 N–H and O–H groups in total. The summed E-state index contributed by atoms with van der Waals surface area (Å²) >= 11 is 3.36. The van der Waals surface area contributed by atoms with Crippen LogP contribution in [0.3, 0.4) is 0 Å². The lowest BCUT2D eigenvalue weighted by atomic mass is 9.91. The van der Waals surface area contributed by atoms with Gasteiger partial charge in [-0.2, -0.15) is 0 Å². The first kappa shape index (κ1) is 15.7. The molecule has 1 aromatic rings. The lowest BCUT2D eigenvalue weighted by Crippen LogP contribution is -2.33. The van der Waals surface area contributed by atoms with Crippen LogP contribution < -0.4 is 4.72 Å². The van der Waals surface area contributed by atoms with Gasteiger partial charge in [-0.05, 0) is 42.5 Å². The molecular formula is C13H20BrNO2S. The Balaban J connectivity index is 2.90. The average Bonchev–Trinajstić information content (AvgIpc) is 2.30. The van der Waals surface area contributed by atoms with Crippen molar-refractivity contribution in [2.45, 2.75) is 39.0 Å². The van der Waals surface area contributed by atoms with E-state index in [1.165, 1.54) is 0 Å². The number of rotatable bonds is 5. The number of hydrogen-bond donors (Lipinski definition) is 1. The fraction of sp³-hybridized carbons (Fsp3) is 0.538.